The fourth-order valence-corrected chi connectivity index (χ4v) is 5.68. The third-order valence-electron chi connectivity index (χ3n) is 5.51. The Morgan fingerprint density at radius 2 is 1.15 bits per heavy atom. The van der Waals surface area contributed by atoms with Gasteiger partial charge in [-0.25, -0.2) is 0 Å². The van der Waals surface area contributed by atoms with Gasteiger partial charge in [0.05, 0.1) is 45.5 Å². The SMILES string of the molecule is CC(C)COCCN1C(=O)C2=C(c3cccs3)N(CCOCC(C)C)C(=O)C2=C1c1cccs1. The van der Waals surface area contributed by atoms with Crippen molar-refractivity contribution in [2.45, 2.75) is 27.7 Å². The number of nitrogens with zero attached hydrogens (tertiary/aromatic N) is 2. The van der Waals surface area contributed by atoms with Gasteiger partial charge in [0.15, 0.2) is 0 Å². The van der Waals surface area contributed by atoms with E-state index in [-0.39, 0.29) is 11.8 Å². The second-order valence-corrected chi connectivity index (χ2v) is 11.1. The largest absolute Gasteiger partial charge is 0.379 e. The van der Waals surface area contributed by atoms with Gasteiger partial charge in [-0.15, -0.1) is 22.7 Å². The zero-order valence-electron chi connectivity index (χ0n) is 20.2. The molecule has 2 aromatic rings. The van der Waals surface area contributed by atoms with E-state index >= 15 is 0 Å². The van der Waals surface area contributed by atoms with Crippen LogP contribution in [-0.4, -0.2) is 61.1 Å². The first-order valence-corrected chi connectivity index (χ1v) is 13.5. The lowest BCUT2D eigenvalue weighted by molar-refractivity contribution is -0.124. The molecule has 0 saturated heterocycles. The number of rotatable bonds is 12. The molecule has 6 nitrogen and oxygen atoms in total. The molecule has 0 spiro atoms. The Kier molecular flexibility index (Phi) is 8.03. The quantitative estimate of drug-likeness (QED) is 0.387. The fraction of sp³-hybridized carbons (Fsp3) is 0.462. The van der Waals surface area contributed by atoms with Crippen LogP contribution in [0.1, 0.15) is 37.4 Å². The number of fused-ring (bicyclic) bond motifs is 1. The molecule has 0 aliphatic carbocycles. The topological polar surface area (TPSA) is 59.1 Å². The van der Waals surface area contributed by atoms with Gasteiger partial charge in [-0.2, -0.15) is 0 Å². The lowest BCUT2D eigenvalue weighted by atomic mass is 10.1. The Bertz CT molecular complexity index is 982. The fourth-order valence-electron chi connectivity index (χ4n) is 4.11. The Morgan fingerprint density at radius 1 is 0.735 bits per heavy atom. The van der Waals surface area contributed by atoms with Crippen LogP contribution in [0, 0.1) is 11.8 Å². The van der Waals surface area contributed by atoms with Gasteiger partial charge in [-0.1, -0.05) is 39.8 Å². The normalized spacial score (nSPS) is 16.3. The number of ether oxygens (including phenoxy) is 2. The molecule has 0 unspecified atom stereocenters. The Labute approximate surface area is 209 Å². The number of carbonyl (C=O) groups is 2. The second-order valence-electron chi connectivity index (χ2n) is 9.25. The van der Waals surface area contributed by atoms with Gasteiger partial charge in [0.1, 0.15) is 0 Å². The van der Waals surface area contributed by atoms with E-state index in [1.165, 1.54) is 22.7 Å². The van der Waals surface area contributed by atoms with Crippen molar-refractivity contribution in [1.82, 2.24) is 9.80 Å². The molecule has 0 saturated carbocycles. The minimum Gasteiger partial charge on any atom is -0.379 e. The maximum Gasteiger partial charge on any atom is 0.261 e. The van der Waals surface area contributed by atoms with Crippen molar-refractivity contribution in [3.63, 3.8) is 0 Å². The van der Waals surface area contributed by atoms with Gasteiger partial charge in [-0.05, 0) is 34.7 Å². The van der Waals surface area contributed by atoms with E-state index < -0.39 is 0 Å². The van der Waals surface area contributed by atoms with E-state index in [0.29, 0.717) is 73.9 Å². The van der Waals surface area contributed by atoms with E-state index in [9.17, 15) is 9.59 Å². The van der Waals surface area contributed by atoms with E-state index in [2.05, 4.69) is 27.7 Å². The maximum absolute atomic E-state index is 13.8. The molecule has 8 heteroatoms. The molecule has 2 aliphatic rings. The van der Waals surface area contributed by atoms with Crippen LogP contribution in [-0.2, 0) is 19.1 Å². The summed E-state index contributed by atoms with van der Waals surface area (Å²) in [5.41, 5.74) is 2.41. The van der Waals surface area contributed by atoms with Crippen LogP contribution in [0.2, 0.25) is 0 Å². The summed E-state index contributed by atoms with van der Waals surface area (Å²) in [6.07, 6.45) is 0. The Balaban J connectivity index is 1.71. The summed E-state index contributed by atoms with van der Waals surface area (Å²) in [6.45, 7) is 11.3. The van der Waals surface area contributed by atoms with E-state index in [4.69, 9.17) is 9.47 Å². The highest BCUT2D eigenvalue weighted by Gasteiger charge is 2.49. The molecule has 2 aliphatic heterocycles. The molecular formula is C26H32N2O4S2. The monoisotopic (exact) mass is 500 g/mol. The van der Waals surface area contributed by atoms with Crippen LogP contribution in [0.5, 0.6) is 0 Å². The van der Waals surface area contributed by atoms with Gasteiger partial charge in [-0.3, -0.25) is 9.59 Å². The predicted molar refractivity (Wildman–Crippen MR) is 137 cm³/mol. The van der Waals surface area contributed by atoms with E-state index in [1.807, 2.05) is 35.0 Å². The summed E-state index contributed by atoms with van der Waals surface area (Å²) in [5, 5.41) is 3.94. The highest BCUT2D eigenvalue weighted by Crippen LogP contribution is 2.47. The van der Waals surface area contributed by atoms with Gasteiger partial charge in [0.2, 0.25) is 0 Å². The summed E-state index contributed by atoms with van der Waals surface area (Å²) < 4.78 is 11.6. The van der Waals surface area contributed by atoms with Crippen LogP contribution in [0.4, 0.5) is 0 Å². The van der Waals surface area contributed by atoms with Crippen LogP contribution >= 0.6 is 22.7 Å². The van der Waals surface area contributed by atoms with Crippen molar-refractivity contribution < 1.29 is 19.1 Å². The summed E-state index contributed by atoms with van der Waals surface area (Å²) in [4.78, 5) is 32.9. The summed E-state index contributed by atoms with van der Waals surface area (Å²) in [7, 11) is 0. The third kappa shape index (κ3) is 5.05. The van der Waals surface area contributed by atoms with Crippen LogP contribution in [0.25, 0.3) is 11.4 Å². The standard InChI is InChI=1S/C26H32N2O4S2/c1-17(2)15-31-11-9-27-23(19-7-5-13-33-19)21-22(25(27)29)24(20-8-6-14-34-20)28(26(21)30)10-12-32-16-18(3)4/h5-8,13-14,17-18H,9-12,15-16H2,1-4H3. The second kappa shape index (κ2) is 11.0. The molecule has 0 radical (unpaired) electrons. The summed E-state index contributed by atoms with van der Waals surface area (Å²) in [6, 6.07) is 7.84. The highest BCUT2D eigenvalue weighted by atomic mass is 32.1. The number of carbonyl (C=O) groups excluding carboxylic acids is 2. The van der Waals surface area contributed by atoms with Crippen LogP contribution < -0.4 is 0 Å². The number of hydrogen-bond acceptors (Lipinski definition) is 6. The zero-order valence-corrected chi connectivity index (χ0v) is 21.8. The number of thiophene rings is 2. The molecule has 4 heterocycles. The minimum atomic E-state index is -0.131. The van der Waals surface area contributed by atoms with Crippen molar-refractivity contribution in [2.75, 3.05) is 39.5 Å². The van der Waals surface area contributed by atoms with Crippen LogP contribution in [0.3, 0.4) is 0 Å². The molecular weight excluding hydrogens is 468 g/mol. The average molecular weight is 501 g/mol. The highest BCUT2D eigenvalue weighted by molar-refractivity contribution is 7.11. The number of amides is 2. The molecule has 0 fully saturated rings. The molecule has 0 aromatic carbocycles. The molecule has 182 valence electrons. The lowest BCUT2D eigenvalue weighted by Crippen LogP contribution is -2.33. The van der Waals surface area contributed by atoms with E-state index in [0.717, 1.165) is 9.75 Å². The molecule has 4 rings (SSSR count). The van der Waals surface area contributed by atoms with Gasteiger partial charge >= 0.3 is 0 Å². The molecule has 0 bridgehead atoms. The van der Waals surface area contributed by atoms with Crippen molar-refractivity contribution in [3.05, 3.63) is 55.9 Å². The summed E-state index contributed by atoms with van der Waals surface area (Å²) >= 11 is 3.08. The van der Waals surface area contributed by atoms with Crippen LogP contribution in [0.15, 0.2) is 46.2 Å². The average Bonchev–Trinajstić information content (AvgIpc) is 3.57. The molecule has 0 atom stereocenters. The Morgan fingerprint density at radius 3 is 1.47 bits per heavy atom. The van der Waals surface area contributed by atoms with Gasteiger partial charge in [0.25, 0.3) is 11.8 Å². The van der Waals surface area contributed by atoms with Crippen molar-refractivity contribution in [2.24, 2.45) is 11.8 Å². The first-order chi connectivity index (χ1) is 16.4. The van der Waals surface area contributed by atoms with Gasteiger partial charge < -0.3 is 19.3 Å². The van der Waals surface area contributed by atoms with Gasteiger partial charge in [0, 0.05) is 26.3 Å². The smallest absolute Gasteiger partial charge is 0.261 e. The summed E-state index contributed by atoms with van der Waals surface area (Å²) in [5.74, 6) is 0.581. The molecule has 2 aromatic heterocycles. The van der Waals surface area contributed by atoms with Crippen molar-refractivity contribution in [3.8, 4) is 0 Å². The van der Waals surface area contributed by atoms with Crippen molar-refractivity contribution >= 4 is 45.9 Å². The maximum atomic E-state index is 13.8. The lowest BCUT2D eigenvalue weighted by Gasteiger charge is -2.24. The number of hydrogen-bond donors (Lipinski definition) is 0. The first-order valence-electron chi connectivity index (χ1n) is 11.8. The predicted octanol–water partition coefficient (Wildman–Crippen LogP) is 4.96. The first kappa shape index (κ1) is 24.9. The molecule has 0 N–H and O–H groups in total. The Hall–Kier alpha value is -2.26. The third-order valence-corrected chi connectivity index (χ3v) is 7.26. The minimum absolute atomic E-state index is 0.131. The van der Waals surface area contributed by atoms with Crippen molar-refractivity contribution in [1.29, 1.82) is 0 Å². The molecule has 2 amide bonds. The zero-order chi connectivity index (χ0) is 24.2. The molecule has 34 heavy (non-hydrogen) atoms. The van der Waals surface area contributed by atoms with E-state index in [1.54, 1.807) is 9.80 Å².